The molecule has 1 unspecified atom stereocenters. The fourth-order valence-corrected chi connectivity index (χ4v) is 4.66. The Morgan fingerprint density at radius 3 is 2.73 bits per heavy atom. The minimum absolute atomic E-state index is 0.0235. The number of hydrogen-bond acceptors (Lipinski definition) is 6. The summed E-state index contributed by atoms with van der Waals surface area (Å²) < 4.78 is 5.62. The van der Waals surface area contributed by atoms with Gasteiger partial charge in [-0.25, -0.2) is 0 Å². The highest BCUT2D eigenvalue weighted by Gasteiger charge is 2.29. The van der Waals surface area contributed by atoms with Crippen molar-refractivity contribution in [1.82, 2.24) is 15.1 Å². The molecule has 1 atom stereocenters. The van der Waals surface area contributed by atoms with E-state index in [-0.39, 0.29) is 17.7 Å². The molecular weight excluding hydrogens is 400 g/mol. The minimum Gasteiger partial charge on any atom is -0.493 e. The zero-order valence-electron chi connectivity index (χ0n) is 17.7. The van der Waals surface area contributed by atoms with Gasteiger partial charge in [0, 0.05) is 19.0 Å². The van der Waals surface area contributed by atoms with Crippen LogP contribution in [0.3, 0.4) is 0 Å². The third-order valence-electron chi connectivity index (χ3n) is 5.48. The number of piperidine rings is 1. The first-order valence-corrected chi connectivity index (χ1v) is 11.5. The number of hydrogen-bond donors (Lipinski definition) is 1. The van der Waals surface area contributed by atoms with Crippen molar-refractivity contribution in [2.45, 2.75) is 51.9 Å². The summed E-state index contributed by atoms with van der Waals surface area (Å²) in [5.41, 5.74) is 0. The Hall–Kier alpha value is -2.48. The lowest BCUT2D eigenvalue weighted by Gasteiger charge is -2.32. The van der Waals surface area contributed by atoms with Gasteiger partial charge in [0.15, 0.2) is 0 Å². The number of anilines is 1. The summed E-state index contributed by atoms with van der Waals surface area (Å²) in [6.07, 6.45) is 3.91. The number of aromatic nitrogens is 2. The predicted molar refractivity (Wildman–Crippen MR) is 118 cm³/mol. The van der Waals surface area contributed by atoms with E-state index in [1.807, 2.05) is 30.3 Å². The fourth-order valence-electron chi connectivity index (χ4n) is 3.64. The lowest BCUT2D eigenvalue weighted by Crippen LogP contribution is -2.44. The molecule has 1 aromatic carbocycles. The maximum Gasteiger partial charge on any atom is 0.231 e. The molecule has 0 saturated carbocycles. The van der Waals surface area contributed by atoms with E-state index in [1.165, 1.54) is 11.3 Å². The summed E-state index contributed by atoms with van der Waals surface area (Å²) in [6, 6.07) is 9.46. The van der Waals surface area contributed by atoms with Gasteiger partial charge in [0.2, 0.25) is 16.9 Å². The van der Waals surface area contributed by atoms with E-state index in [0.29, 0.717) is 37.2 Å². The number of nitrogens with one attached hydrogen (secondary N) is 1. The Morgan fingerprint density at radius 1 is 1.23 bits per heavy atom. The number of nitrogens with zero attached hydrogens (tertiary/aromatic N) is 3. The van der Waals surface area contributed by atoms with Crippen LogP contribution in [-0.4, -0.2) is 46.6 Å². The summed E-state index contributed by atoms with van der Waals surface area (Å²) in [7, 11) is 0. The van der Waals surface area contributed by atoms with Crippen LogP contribution in [0.4, 0.5) is 5.13 Å². The molecule has 3 rings (SSSR count). The topological polar surface area (TPSA) is 84.4 Å². The number of likely N-dealkylation sites (tertiary alicyclic amines) is 1. The first-order chi connectivity index (χ1) is 14.6. The van der Waals surface area contributed by atoms with E-state index < -0.39 is 0 Å². The first-order valence-electron chi connectivity index (χ1n) is 10.7. The summed E-state index contributed by atoms with van der Waals surface area (Å²) in [4.78, 5) is 27.0. The van der Waals surface area contributed by atoms with Gasteiger partial charge in [-0.1, -0.05) is 43.4 Å². The predicted octanol–water partition coefficient (Wildman–Crippen LogP) is 4.09. The van der Waals surface area contributed by atoms with Gasteiger partial charge in [-0.2, -0.15) is 0 Å². The van der Waals surface area contributed by atoms with Gasteiger partial charge < -0.3 is 15.0 Å². The number of carbonyl (C=O) groups is 2. The Balaban J connectivity index is 1.47. The van der Waals surface area contributed by atoms with Crippen molar-refractivity contribution in [1.29, 1.82) is 0 Å². The highest BCUT2D eigenvalue weighted by atomic mass is 32.1. The Morgan fingerprint density at radius 2 is 2.00 bits per heavy atom. The van der Waals surface area contributed by atoms with Crippen molar-refractivity contribution in [3.05, 3.63) is 35.3 Å². The highest BCUT2D eigenvalue weighted by molar-refractivity contribution is 7.15. The monoisotopic (exact) mass is 430 g/mol. The molecule has 1 fully saturated rings. The van der Waals surface area contributed by atoms with E-state index in [4.69, 9.17) is 4.74 Å². The molecule has 1 aliphatic rings. The number of para-hydroxylation sites is 1. The van der Waals surface area contributed by atoms with Gasteiger partial charge in [-0.05, 0) is 37.8 Å². The summed E-state index contributed by atoms with van der Waals surface area (Å²) in [5.74, 6) is 0.856. The molecule has 30 heavy (non-hydrogen) atoms. The Kier molecular flexibility index (Phi) is 8.19. The fraction of sp³-hybridized carbons (Fsp3) is 0.545. The van der Waals surface area contributed by atoms with Crippen molar-refractivity contribution in [3.63, 3.8) is 0 Å². The third kappa shape index (κ3) is 6.01. The van der Waals surface area contributed by atoms with Crippen LogP contribution in [0.2, 0.25) is 0 Å². The standard InChI is InChI=1S/C22H30N4O3S/c1-3-16(4-2)21-24-25-22(30-21)23-20(28)17-9-8-13-26(15-17)19(27)12-14-29-18-10-6-5-7-11-18/h5-7,10-11,16-17H,3-4,8-9,12-15H2,1-2H3,(H,23,25,28). The van der Waals surface area contributed by atoms with Crippen molar-refractivity contribution in [2.24, 2.45) is 5.92 Å². The number of amides is 2. The number of rotatable bonds is 9. The van der Waals surface area contributed by atoms with Gasteiger partial charge in [0.1, 0.15) is 10.8 Å². The molecule has 2 heterocycles. The van der Waals surface area contributed by atoms with Gasteiger partial charge in [0.25, 0.3) is 0 Å². The molecule has 162 valence electrons. The third-order valence-corrected chi connectivity index (χ3v) is 6.48. The van der Waals surface area contributed by atoms with E-state index in [0.717, 1.165) is 36.4 Å². The summed E-state index contributed by atoms with van der Waals surface area (Å²) in [5, 5.41) is 12.8. The van der Waals surface area contributed by atoms with Crippen molar-refractivity contribution < 1.29 is 14.3 Å². The largest absolute Gasteiger partial charge is 0.493 e. The van der Waals surface area contributed by atoms with Crippen LogP contribution in [0.5, 0.6) is 5.75 Å². The van der Waals surface area contributed by atoms with Crippen LogP contribution in [0.25, 0.3) is 0 Å². The molecule has 0 spiro atoms. The number of carbonyl (C=O) groups excluding carboxylic acids is 2. The van der Waals surface area contributed by atoms with Gasteiger partial charge >= 0.3 is 0 Å². The summed E-state index contributed by atoms with van der Waals surface area (Å²) >= 11 is 1.45. The normalized spacial score (nSPS) is 16.5. The van der Waals surface area contributed by atoms with E-state index in [2.05, 4.69) is 29.4 Å². The van der Waals surface area contributed by atoms with Gasteiger partial charge in [0.05, 0.1) is 18.9 Å². The molecule has 8 heteroatoms. The maximum atomic E-state index is 12.7. The smallest absolute Gasteiger partial charge is 0.231 e. The van der Waals surface area contributed by atoms with Crippen LogP contribution in [0.15, 0.2) is 30.3 Å². The second-order valence-corrected chi connectivity index (χ2v) is 8.55. The second kappa shape index (κ2) is 11.1. The van der Waals surface area contributed by atoms with E-state index in [1.54, 1.807) is 4.90 Å². The molecule has 1 aliphatic heterocycles. The van der Waals surface area contributed by atoms with E-state index >= 15 is 0 Å². The number of benzene rings is 1. The molecule has 1 saturated heterocycles. The molecule has 1 N–H and O–H groups in total. The zero-order valence-corrected chi connectivity index (χ0v) is 18.5. The van der Waals surface area contributed by atoms with Crippen LogP contribution < -0.4 is 10.1 Å². The lowest BCUT2D eigenvalue weighted by atomic mass is 9.97. The first kappa shape index (κ1) is 22.2. The van der Waals surface area contributed by atoms with Crippen molar-refractivity contribution in [3.8, 4) is 5.75 Å². The van der Waals surface area contributed by atoms with Crippen molar-refractivity contribution >= 4 is 28.3 Å². The molecule has 0 radical (unpaired) electrons. The molecule has 0 aliphatic carbocycles. The molecule has 7 nitrogen and oxygen atoms in total. The van der Waals surface area contributed by atoms with Crippen LogP contribution in [-0.2, 0) is 9.59 Å². The van der Waals surface area contributed by atoms with Crippen molar-refractivity contribution in [2.75, 3.05) is 25.0 Å². The molecule has 2 aromatic rings. The SMILES string of the molecule is CCC(CC)c1nnc(NC(=O)C2CCCN(C(=O)CCOc3ccccc3)C2)s1. The highest BCUT2D eigenvalue weighted by Crippen LogP contribution is 2.28. The Labute approximate surface area is 181 Å². The summed E-state index contributed by atoms with van der Waals surface area (Å²) in [6.45, 7) is 5.72. The Bertz CT molecular complexity index is 823. The molecule has 2 amide bonds. The average Bonchev–Trinajstić information content (AvgIpc) is 3.23. The lowest BCUT2D eigenvalue weighted by molar-refractivity contribution is -0.135. The molecular formula is C22H30N4O3S. The molecule has 1 aromatic heterocycles. The average molecular weight is 431 g/mol. The zero-order chi connectivity index (χ0) is 21.3. The van der Waals surface area contributed by atoms with Crippen LogP contribution in [0.1, 0.15) is 56.9 Å². The van der Waals surface area contributed by atoms with Crippen LogP contribution >= 0.6 is 11.3 Å². The maximum absolute atomic E-state index is 12.7. The van der Waals surface area contributed by atoms with E-state index in [9.17, 15) is 9.59 Å². The van der Waals surface area contributed by atoms with Gasteiger partial charge in [-0.15, -0.1) is 10.2 Å². The quantitative estimate of drug-likeness (QED) is 0.648. The number of ether oxygens (including phenoxy) is 1. The van der Waals surface area contributed by atoms with Crippen LogP contribution in [0, 0.1) is 5.92 Å². The second-order valence-electron chi connectivity index (χ2n) is 7.54. The minimum atomic E-state index is -0.224. The molecule has 0 bridgehead atoms. The van der Waals surface area contributed by atoms with Gasteiger partial charge in [-0.3, -0.25) is 9.59 Å².